The highest BCUT2D eigenvalue weighted by Crippen LogP contribution is 2.30. The third kappa shape index (κ3) is 1.82. The van der Waals surface area contributed by atoms with Gasteiger partial charge in [0.05, 0.1) is 18.5 Å². The summed E-state index contributed by atoms with van der Waals surface area (Å²) in [6.07, 6.45) is -3.53. The van der Waals surface area contributed by atoms with E-state index in [1.54, 1.807) is 0 Å². The van der Waals surface area contributed by atoms with Gasteiger partial charge in [0, 0.05) is 0 Å². The van der Waals surface area contributed by atoms with Gasteiger partial charge >= 0.3 is 0 Å². The van der Waals surface area contributed by atoms with Gasteiger partial charge in [-0.25, -0.2) is 4.68 Å². The molecule has 1 aromatic heterocycles. The van der Waals surface area contributed by atoms with E-state index < -0.39 is 37.1 Å². The standard InChI is InChI=1S/C9H14N4O5/c10-3-1-12-13(5(3)8(11)17)9-7(16)6(15)4(2-14)18-9/h1,4,6-7,9,14-16H,2,10H2,(H2,11,17)/t4-,6-,7-,9-/m1/s1. The number of primary amides is 1. The summed E-state index contributed by atoms with van der Waals surface area (Å²) in [6, 6.07) is 0. The smallest absolute Gasteiger partial charge is 0.269 e. The van der Waals surface area contributed by atoms with Gasteiger partial charge in [-0.05, 0) is 0 Å². The van der Waals surface area contributed by atoms with Crippen molar-refractivity contribution in [2.75, 3.05) is 12.3 Å². The molecule has 0 bridgehead atoms. The molecule has 1 fully saturated rings. The number of hydrogen-bond donors (Lipinski definition) is 5. The first-order valence-corrected chi connectivity index (χ1v) is 5.22. The molecule has 0 radical (unpaired) electrons. The van der Waals surface area contributed by atoms with Crippen molar-refractivity contribution in [2.45, 2.75) is 24.5 Å². The second kappa shape index (κ2) is 4.53. The molecule has 0 aliphatic carbocycles. The fraction of sp³-hybridized carbons (Fsp3) is 0.556. The second-order valence-corrected chi connectivity index (χ2v) is 3.99. The van der Waals surface area contributed by atoms with E-state index in [4.69, 9.17) is 21.3 Å². The van der Waals surface area contributed by atoms with Crippen molar-refractivity contribution in [2.24, 2.45) is 5.73 Å². The number of nitrogen functional groups attached to an aromatic ring is 1. The van der Waals surface area contributed by atoms with E-state index in [-0.39, 0.29) is 11.4 Å². The fourth-order valence-electron chi connectivity index (χ4n) is 1.91. The van der Waals surface area contributed by atoms with E-state index in [0.717, 1.165) is 4.68 Å². The molecule has 0 spiro atoms. The summed E-state index contributed by atoms with van der Waals surface area (Å²) in [7, 11) is 0. The van der Waals surface area contributed by atoms with E-state index >= 15 is 0 Å². The lowest BCUT2D eigenvalue weighted by Gasteiger charge is -2.16. The number of ether oxygens (including phenoxy) is 1. The molecule has 2 rings (SSSR count). The molecule has 0 saturated carbocycles. The molecule has 7 N–H and O–H groups in total. The number of aliphatic hydroxyl groups excluding tert-OH is 3. The van der Waals surface area contributed by atoms with E-state index in [1.165, 1.54) is 6.20 Å². The number of aliphatic hydroxyl groups is 3. The lowest BCUT2D eigenvalue weighted by atomic mass is 10.1. The molecule has 1 aliphatic rings. The number of hydrogen-bond acceptors (Lipinski definition) is 7. The van der Waals surface area contributed by atoms with Crippen LogP contribution in [0.15, 0.2) is 6.20 Å². The van der Waals surface area contributed by atoms with Crippen molar-refractivity contribution in [3.63, 3.8) is 0 Å². The average Bonchev–Trinajstić information content (AvgIpc) is 2.82. The summed E-state index contributed by atoms with van der Waals surface area (Å²) >= 11 is 0. The summed E-state index contributed by atoms with van der Waals surface area (Å²) < 4.78 is 6.21. The Morgan fingerprint density at radius 2 is 2.17 bits per heavy atom. The van der Waals surface area contributed by atoms with Gasteiger partial charge in [-0.15, -0.1) is 0 Å². The minimum Gasteiger partial charge on any atom is -0.396 e. The van der Waals surface area contributed by atoms with Gasteiger partial charge in [-0.3, -0.25) is 4.79 Å². The number of rotatable bonds is 3. The maximum absolute atomic E-state index is 11.2. The third-order valence-electron chi connectivity index (χ3n) is 2.82. The molecule has 0 aromatic carbocycles. The second-order valence-electron chi connectivity index (χ2n) is 3.99. The van der Waals surface area contributed by atoms with Crippen LogP contribution in [0.5, 0.6) is 0 Å². The van der Waals surface area contributed by atoms with E-state index in [0.29, 0.717) is 0 Å². The van der Waals surface area contributed by atoms with E-state index in [2.05, 4.69) is 5.10 Å². The van der Waals surface area contributed by atoms with E-state index in [9.17, 15) is 15.0 Å². The Balaban J connectivity index is 2.36. The van der Waals surface area contributed by atoms with Crippen molar-refractivity contribution < 1.29 is 24.9 Å². The maximum Gasteiger partial charge on any atom is 0.269 e. The lowest BCUT2D eigenvalue weighted by molar-refractivity contribution is -0.0593. The highest BCUT2D eigenvalue weighted by Gasteiger charge is 2.44. The molecule has 1 aliphatic heterocycles. The summed E-state index contributed by atoms with van der Waals surface area (Å²) in [6.45, 7) is -0.475. The molecule has 2 heterocycles. The van der Waals surface area contributed by atoms with Gasteiger partial charge in [-0.1, -0.05) is 0 Å². The summed E-state index contributed by atoms with van der Waals surface area (Å²) in [5, 5.41) is 32.1. The third-order valence-corrected chi connectivity index (χ3v) is 2.82. The van der Waals surface area contributed by atoms with Crippen LogP contribution in [0, 0.1) is 0 Å². The van der Waals surface area contributed by atoms with Gasteiger partial charge in [-0.2, -0.15) is 5.10 Å². The lowest BCUT2D eigenvalue weighted by Crippen LogP contribution is -2.34. The normalized spacial score (nSPS) is 31.7. The Morgan fingerprint density at radius 3 is 2.67 bits per heavy atom. The van der Waals surface area contributed by atoms with Crippen molar-refractivity contribution >= 4 is 11.6 Å². The van der Waals surface area contributed by atoms with Crippen molar-refractivity contribution in [1.82, 2.24) is 9.78 Å². The first-order valence-electron chi connectivity index (χ1n) is 5.22. The molecule has 0 unspecified atom stereocenters. The van der Waals surface area contributed by atoms with Crippen molar-refractivity contribution in [3.05, 3.63) is 11.9 Å². The summed E-state index contributed by atoms with van der Waals surface area (Å²) in [5.41, 5.74) is 10.6. The minimum absolute atomic E-state index is 0.0419. The zero-order chi connectivity index (χ0) is 13.4. The largest absolute Gasteiger partial charge is 0.396 e. The van der Waals surface area contributed by atoms with Gasteiger partial charge in [0.1, 0.15) is 18.3 Å². The van der Waals surface area contributed by atoms with Crippen LogP contribution in [0.2, 0.25) is 0 Å². The van der Waals surface area contributed by atoms with Crippen LogP contribution in [0.1, 0.15) is 16.7 Å². The van der Waals surface area contributed by atoms with Crippen molar-refractivity contribution in [1.29, 1.82) is 0 Å². The first kappa shape index (κ1) is 12.8. The molecule has 9 heteroatoms. The Hall–Kier alpha value is -1.68. The Bertz CT molecular complexity index is 462. The average molecular weight is 258 g/mol. The zero-order valence-corrected chi connectivity index (χ0v) is 9.30. The van der Waals surface area contributed by atoms with Gasteiger partial charge in [0.15, 0.2) is 11.9 Å². The molecule has 9 nitrogen and oxygen atoms in total. The Kier molecular flexibility index (Phi) is 3.22. The van der Waals surface area contributed by atoms with Crippen LogP contribution in [0.25, 0.3) is 0 Å². The van der Waals surface area contributed by atoms with E-state index in [1.807, 2.05) is 0 Å². The number of aromatic nitrogens is 2. The molecule has 4 atom stereocenters. The van der Waals surface area contributed by atoms with Crippen LogP contribution < -0.4 is 11.5 Å². The summed E-state index contributed by atoms with van der Waals surface area (Å²) in [4.78, 5) is 11.2. The predicted octanol–water partition coefficient (Wildman–Crippen LogP) is -2.82. The first-order chi connectivity index (χ1) is 8.47. The summed E-state index contributed by atoms with van der Waals surface area (Å²) in [5.74, 6) is -0.831. The molecule has 1 saturated heterocycles. The van der Waals surface area contributed by atoms with Crippen LogP contribution in [-0.4, -0.2) is 55.9 Å². The monoisotopic (exact) mass is 258 g/mol. The van der Waals surface area contributed by atoms with Crippen LogP contribution >= 0.6 is 0 Å². The van der Waals surface area contributed by atoms with Crippen molar-refractivity contribution in [3.8, 4) is 0 Å². The number of carbonyl (C=O) groups excluding carboxylic acids is 1. The maximum atomic E-state index is 11.2. The topological polar surface area (TPSA) is 157 Å². The number of carbonyl (C=O) groups is 1. The molecular weight excluding hydrogens is 244 g/mol. The van der Waals surface area contributed by atoms with Crippen LogP contribution in [0.3, 0.4) is 0 Å². The predicted molar refractivity (Wildman–Crippen MR) is 58.2 cm³/mol. The molecule has 1 aromatic rings. The molecule has 1 amide bonds. The Labute approximate surface area is 102 Å². The molecule has 100 valence electrons. The highest BCUT2D eigenvalue weighted by molar-refractivity contribution is 5.96. The van der Waals surface area contributed by atoms with Gasteiger partial charge < -0.3 is 31.5 Å². The highest BCUT2D eigenvalue weighted by atomic mass is 16.6. The minimum atomic E-state index is -1.35. The number of nitrogens with two attached hydrogens (primary N) is 2. The Morgan fingerprint density at radius 1 is 1.50 bits per heavy atom. The molecular formula is C9H14N4O5. The fourth-order valence-corrected chi connectivity index (χ4v) is 1.91. The van der Waals surface area contributed by atoms with Crippen LogP contribution in [-0.2, 0) is 4.74 Å². The SMILES string of the molecule is NC(=O)c1c(N)cnn1[C@@H]1O[C@H](CO)[C@@H](O)[C@H]1O. The zero-order valence-electron chi connectivity index (χ0n) is 9.30. The number of nitrogens with zero attached hydrogens (tertiary/aromatic N) is 2. The quantitative estimate of drug-likeness (QED) is 0.391. The van der Waals surface area contributed by atoms with Crippen LogP contribution in [0.4, 0.5) is 5.69 Å². The van der Waals surface area contributed by atoms with Gasteiger partial charge in [0.25, 0.3) is 5.91 Å². The molecule has 18 heavy (non-hydrogen) atoms. The van der Waals surface area contributed by atoms with Gasteiger partial charge in [0.2, 0.25) is 0 Å². The number of amides is 1. The number of anilines is 1.